The molecule has 0 aromatic heterocycles. The summed E-state index contributed by atoms with van der Waals surface area (Å²) in [7, 11) is 2.70. The van der Waals surface area contributed by atoms with Crippen LogP contribution in [0.25, 0.3) is 0 Å². The van der Waals surface area contributed by atoms with E-state index >= 15 is 0 Å². The third-order valence-electron chi connectivity index (χ3n) is 2.63. The summed E-state index contributed by atoms with van der Waals surface area (Å²) in [5.74, 6) is -0.937. The molecule has 0 radical (unpaired) electrons. The fraction of sp³-hybridized carbons (Fsp3) is 0.385. The fourth-order valence-electron chi connectivity index (χ4n) is 1.65. The van der Waals surface area contributed by atoms with Crippen LogP contribution in [0.3, 0.4) is 0 Å². The standard InChI is InChI=1S/C13H16O4/c1-4-11(13(15)17-3)9-5-7-10(8-6-9)12(14)16-2/h5-8,11H,4H2,1-3H3/t11-/m1/s1. The lowest BCUT2D eigenvalue weighted by atomic mass is 9.96. The molecular weight excluding hydrogens is 220 g/mol. The molecule has 1 aromatic carbocycles. The van der Waals surface area contributed by atoms with Crippen molar-refractivity contribution < 1.29 is 19.1 Å². The minimum absolute atomic E-state index is 0.265. The predicted molar refractivity (Wildman–Crippen MR) is 62.8 cm³/mol. The maximum atomic E-state index is 11.5. The fourth-order valence-corrected chi connectivity index (χ4v) is 1.65. The second-order valence-electron chi connectivity index (χ2n) is 3.60. The van der Waals surface area contributed by atoms with Gasteiger partial charge in [0.25, 0.3) is 0 Å². The highest BCUT2D eigenvalue weighted by atomic mass is 16.5. The summed E-state index contributed by atoms with van der Waals surface area (Å²) in [6, 6.07) is 6.79. The van der Waals surface area contributed by atoms with Gasteiger partial charge >= 0.3 is 11.9 Å². The monoisotopic (exact) mass is 236 g/mol. The first-order valence-electron chi connectivity index (χ1n) is 5.40. The van der Waals surface area contributed by atoms with E-state index in [9.17, 15) is 9.59 Å². The number of hydrogen-bond acceptors (Lipinski definition) is 4. The van der Waals surface area contributed by atoms with Crippen LogP contribution in [0, 0.1) is 0 Å². The predicted octanol–water partition coefficient (Wildman–Crippen LogP) is 2.14. The average molecular weight is 236 g/mol. The smallest absolute Gasteiger partial charge is 0.337 e. The lowest BCUT2D eigenvalue weighted by molar-refractivity contribution is -0.142. The largest absolute Gasteiger partial charge is 0.469 e. The lowest BCUT2D eigenvalue weighted by Crippen LogP contribution is -2.13. The third-order valence-corrected chi connectivity index (χ3v) is 2.63. The quantitative estimate of drug-likeness (QED) is 0.751. The summed E-state index contributed by atoms with van der Waals surface area (Å²) in [5.41, 5.74) is 1.31. The van der Waals surface area contributed by atoms with Gasteiger partial charge in [0.1, 0.15) is 0 Å². The second kappa shape index (κ2) is 6.03. The molecule has 0 aliphatic carbocycles. The molecule has 0 saturated carbocycles. The van der Waals surface area contributed by atoms with Crippen LogP contribution >= 0.6 is 0 Å². The Morgan fingerprint density at radius 1 is 1.12 bits per heavy atom. The van der Waals surface area contributed by atoms with Gasteiger partial charge in [-0.05, 0) is 24.1 Å². The highest BCUT2D eigenvalue weighted by Gasteiger charge is 2.19. The molecule has 0 fully saturated rings. The Morgan fingerprint density at radius 3 is 2.12 bits per heavy atom. The molecule has 92 valence electrons. The second-order valence-corrected chi connectivity index (χ2v) is 3.60. The maximum absolute atomic E-state index is 11.5. The number of carbonyl (C=O) groups excluding carboxylic acids is 2. The van der Waals surface area contributed by atoms with Crippen LogP contribution in [0.2, 0.25) is 0 Å². The summed E-state index contributed by atoms with van der Waals surface area (Å²) in [4.78, 5) is 22.7. The van der Waals surface area contributed by atoms with Gasteiger partial charge in [-0.3, -0.25) is 4.79 Å². The number of ether oxygens (including phenoxy) is 2. The van der Waals surface area contributed by atoms with Crippen molar-refractivity contribution in [1.82, 2.24) is 0 Å². The minimum Gasteiger partial charge on any atom is -0.469 e. The van der Waals surface area contributed by atoms with E-state index in [0.717, 1.165) is 5.56 Å². The minimum atomic E-state index is -0.386. The van der Waals surface area contributed by atoms with E-state index in [1.807, 2.05) is 6.92 Å². The first-order valence-corrected chi connectivity index (χ1v) is 5.40. The Kier molecular flexibility index (Phi) is 4.69. The Labute approximate surface area is 101 Å². The molecule has 0 spiro atoms. The van der Waals surface area contributed by atoms with E-state index in [4.69, 9.17) is 4.74 Å². The molecule has 17 heavy (non-hydrogen) atoms. The average Bonchev–Trinajstić information content (AvgIpc) is 2.39. The van der Waals surface area contributed by atoms with Crippen molar-refractivity contribution in [1.29, 1.82) is 0 Å². The van der Waals surface area contributed by atoms with Crippen LogP contribution in [0.1, 0.15) is 35.2 Å². The first-order chi connectivity index (χ1) is 8.13. The van der Waals surface area contributed by atoms with E-state index in [1.165, 1.54) is 14.2 Å². The Bertz CT molecular complexity index is 394. The molecule has 1 aromatic rings. The SMILES string of the molecule is CC[C@@H](C(=O)OC)c1ccc(C(=O)OC)cc1. The van der Waals surface area contributed by atoms with Crippen molar-refractivity contribution in [3.63, 3.8) is 0 Å². The number of benzene rings is 1. The molecule has 0 bridgehead atoms. The zero-order chi connectivity index (χ0) is 12.8. The zero-order valence-electron chi connectivity index (χ0n) is 10.2. The lowest BCUT2D eigenvalue weighted by Gasteiger charge is -2.12. The normalized spacial score (nSPS) is 11.7. The van der Waals surface area contributed by atoms with E-state index in [0.29, 0.717) is 12.0 Å². The molecule has 0 aliphatic rings. The molecule has 0 amide bonds. The summed E-state index contributed by atoms with van der Waals surface area (Å²) in [6.45, 7) is 1.91. The Balaban J connectivity index is 2.92. The van der Waals surface area contributed by atoms with E-state index in [-0.39, 0.29) is 17.9 Å². The molecule has 4 heteroatoms. The molecular formula is C13H16O4. The molecule has 0 unspecified atom stereocenters. The van der Waals surface area contributed by atoms with Crippen LogP contribution in [-0.4, -0.2) is 26.2 Å². The maximum Gasteiger partial charge on any atom is 0.337 e. The molecule has 4 nitrogen and oxygen atoms in total. The Morgan fingerprint density at radius 2 is 1.71 bits per heavy atom. The van der Waals surface area contributed by atoms with Gasteiger partial charge in [0, 0.05) is 0 Å². The highest BCUT2D eigenvalue weighted by molar-refractivity contribution is 5.89. The van der Waals surface area contributed by atoms with Crippen LogP contribution in [-0.2, 0) is 14.3 Å². The molecule has 1 rings (SSSR count). The number of methoxy groups -OCH3 is 2. The van der Waals surface area contributed by atoms with Gasteiger partial charge in [-0.2, -0.15) is 0 Å². The molecule has 1 atom stereocenters. The number of carbonyl (C=O) groups is 2. The van der Waals surface area contributed by atoms with Crippen molar-refractivity contribution >= 4 is 11.9 Å². The number of esters is 2. The molecule has 0 heterocycles. The zero-order valence-corrected chi connectivity index (χ0v) is 10.2. The van der Waals surface area contributed by atoms with Crippen molar-refractivity contribution in [3.05, 3.63) is 35.4 Å². The van der Waals surface area contributed by atoms with Crippen LogP contribution in [0.4, 0.5) is 0 Å². The van der Waals surface area contributed by atoms with Crippen LogP contribution in [0.15, 0.2) is 24.3 Å². The molecule has 0 aliphatic heterocycles. The van der Waals surface area contributed by atoms with Gasteiger partial charge in [0.2, 0.25) is 0 Å². The van der Waals surface area contributed by atoms with Crippen molar-refractivity contribution in [3.8, 4) is 0 Å². The van der Waals surface area contributed by atoms with Crippen LogP contribution in [0.5, 0.6) is 0 Å². The van der Waals surface area contributed by atoms with Gasteiger partial charge < -0.3 is 9.47 Å². The van der Waals surface area contributed by atoms with E-state index < -0.39 is 0 Å². The van der Waals surface area contributed by atoms with Crippen molar-refractivity contribution in [2.75, 3.05) is 14.2 Å². The van der Waals surface area contributed by atoms with Crippen molar-refractivity contribution in [2.45, 2.75) is 19.3 Å². The van der Waals surface area contributed by atoms with Crippen LogP contribution < -0.4 is 0 Å². The van der Waals surface area contributed by atoms with Gasteiger partial charge in [-0.1, -0.05) is 19.1 Å². The highest BCUT2D eigenvalue weighted by Crippen LogP contribution is 2.21. The number of rotatable bonds is 4. The van der Waals surface area contributed by atoms with E-state index in [1.54, 1.807) is 24.3 Å². The molecule has 0 saturated heterocycles. The van der Waals surface area contributed by atoms with E-state index in [2.05, 4.69) is 4.74 Å². The van der Waals surface area contributed by atoms with Gasteiger partial charge in [0.15, 0.2) is 0 Å². The Hall–Kier alpha value is -1.84. The summed E-state index contributed by atoms with van der Waals surface area (Å²) in [6.07, 6.45) is 0.657. The summed E-state index contributed by atoms with van der Waals surface area (Å²) < 4.78 is 9.33. The summed E-state index contributed by atoms with van der Waals surface area (Å²) >= 11 is 0. The number of hydrogen-bond donors (Lipinski definition) is 0. The topological polar surface area (TPSA) is 52.6 Å². The van der Waals surface area contributed by atoms with Gasteiger partial charge in [0.05, 0.1) is 25.7 Å². The van der Waals surface area contributed by atoms with Crippen molar-refractivity contribution in [2.24, 2.45) is 0 Å². The molecule has 0 N–H and O–H groups in total. The first kappa shape index (κ1) is 13.2. The summed E-state index contributed by atoms with van der Waals surface area (Å²) in [5, 5.41) is 0. The van der Waals surface area contributed by atoms with Gasteiger partial charge in [-0.25, -0.2) is 4.79 Å². The third kappa shape index (κ3) is 3.06. The van der Waals surface area contributed by atoms with Gasteiger partial charge in [-0.15, -0.1) is 0 Å².